The molecule has 0 aliphatic carbocycles. The number of fused-ring (bicyclic) bond motifs is 7. The van der Waals surface area contributed by atoms with Crippen LogP contribution in [0.2, 0.25) is 0 Å². The molecule has 2 fully saturated rings. The molecule has 21 nitrogen and oxygen atoms in total. The third-order valence-electron chi connectivity index (χ3n) is 6.04. The minimum absolute atomic E-state index is 0.0888. The van der Waals surface area contributed by atoms with Gasteiger partial charge in [-0.1, -0.05) is 4.98 Å². The number of anilines is 1. The maximum Gasteiger partial charge on any atom is 0.274 e. The van der Waals surface area contributed by atoms with Crippen LogP contribution < -0.4 is 29.9 Å². The zero-order chi connectivity index (χ0) is 28.5. The van der Waals surface area contributed by atoms with Crippen LogP contribution in [0.3, 0.4) is 0 Å². The first-order chi connectivity index (χ1) is 18.1. The number of nitrogens with zero attached hydrogens (tertiary/aromatic N) is 4. The Morgan fingerprint density at radius 3 is 2.28 bits per heavy atom. The Morgan fingerprint density at radius 2 is 1.67 bits per heavy atom. The second-order valence-electron chi connectivity index (χ2n) is 8.55. The lowest BCUT2D eigenvalue weighted by atomic mass is 10.1. The average molecular weight is 618 g/mol. The van der Waals surface area contributed by atoms with Crippen molar-refractivity contribution in [3.63, 3.8) is 0 Å². The lowest BCUT2D eigenvalue weighted by Crippen LogP contribution is -2.48. The van der Waals surface area contributed by atoms with Crippen LogP contribution in [-0.2, 0) is 41.1 Å². The maximum absolute atomic E-state index is 12.1. The van der Waals surface area contributed by atoms with Crippen molar-refractivity contribution >= 4 is 40.4 Å². The predicted octanol–water partition coefficient (Wildman–Crippen LogP) is -5.61. The van der Waals surface area contributed by atoms with Crippen LogP contribution in [0.25, 0.3) is 11.2 Å². The largest absolute Gasteiger partial charge is 0.790 e. The van der Waals surface area contributed by atoms with Gasteiger partial charge in [-0.25, -0.2) is 13.9 Å². The third-order valence-corrected chi connectivity index (χ3v) is 9.07. The molecule has 39 heavy (non-hydrogen) atoms. The molecule has 6 rings (SSSR count). The van der Waals surface area contributed by atoms with E-state index in [1.165, 1.54) is 0 Å². The van der Waals surface area contributed by atoms with Crippen LogP contribution in [-0.4, -0.2) is 79.7 Å². The monoisotopic (exact) mass is 618 g/mol. The molecular weight excluding hydrogens is 599 g/mol. The second kappa shape index (κ2) is 10.1. The van der Waals surface area contributed by atoms with E-state index >= 15 is 0 Å². The van der Waals surface area contributed by atoms with E-state index in [4.69, 9.17) is 15.2 Å². The number of phosphoric ester groups is 3. The highest BCUT2D eigenvalue weighted by Crippen LogP contribution is 2.56. The number of phosphoric acid groups is 3. The highest BCUT2D eigenvalue weighted by molar-refractivity contribution is 7.59. The van der Waals surface area contributed by atoms with Crippen molar-refractivity contribution in [2.75, 3.05) is 18.9 Å². The molecule has 4 aliphatic heterocycles. The van der Waals surface area contributed by atoms with Crippen LogP contribution in [0.4, 0.5) is 5.82 Å². The van der Waals surface area contributed by atoms with Gasteiger partial charge in [0.05, 0.1) is 21.0 Å². The number of aliphatic hydroxyl groups excluding tert-OH is 3. The lowest BCUT2D eigenvalue weighted by Gasteiger charge is -2.34. The van der Waals surface area contributed by atoms with Crippen LogP contribution in [0.5, 0.6) is 0 Å². The summed E-state index contributed by atoms with van der Waals surface area (Å²) in [5, 5.41) is 31.4. The van der Waals surface area contributed by atoms with E-state index in [0.29, 0.717) is 0 Å². The standard InChI is InChI=1S/C15H22N5O16P3/c16-12-7-13-18-4-19(12)14-10(23)8(21)5(33-14)1-31-38(27,28)36-39(29,30)32-2-6-9(22)11(35-37(24,25)26)15(34-6)20(13)3-17-7/h3-6,8-11,14-16,21-23H,1-2H2,(H4,24,25,26,27,28,29,30)/p-3/t5-,6-,8-,9-,10-,11-,14-,15-/m1/s1. The van der Waals surface area contributed by atoms with Crippen LogP contribution >= 0.6 is 23.5 Å². The van der Waals surface area contributed by atoms with Gasteiger partial charge in [0.15, 0.2) is 11.7 Å². The summed E-state index contributed by atoms with van der Waals surface area (Å²) in [5.41, 5.74) is 5.96. The number of nitrogens with two attached hydrogens (primary N) is 1. The summed E-state index contributed by atoms with van der Waals surface area (Å²) >= 11 is 0. The Morgan fingerprint density at radius 1 is 1.05 bits per heavy atom. The van der Waals surface area contributed by atoms with Gasteiger partial charge in [-0.15, -0.1) is 0 Å². The normalized spacial score (nSPS) is 41.7. The summed E-state index contributed by atoms with van der Waals surface area (Å²) in [6.07, 6.45) is -11.8. The molecule has 0 aromatic carbocycles. The molecule has 5 N–H and O–H groups in total. The molecule has 2 aromatic rings. The Hall–Kier alpha value is -1.48. The Labute approximate surface area is 216 Å². The quantitative estimate of drug-likeness (QED) is 0.180. The maximum atomic E-state index is 12.1. The first kappa shape index (κ1) is 29.0. The Balaban J connectivity index is 1.60. The Kier molecular flexibility index (Phi) is 7.52. The number of rotatable bonds is 2. The number of aliphatic hydroxyl groups is 3. The molecule has 0 saturated carbocycles. The fourth-order valence-electron chi connectivity index (χ4n) is 4.29. The van der Waals surface area contributed by atoms with E-state index in [-0.39, 0.29) is 17.0 Å². The zero-order valence-corrected chi connectivity index (χ0v) is 21.7. The predicted molar refractivity (Wildman–Crippen MR) is 109 cm³/mol. The first-order valence-electron chi connectivity index (χ1n) is 10.8. The molecular formula is C15H19N5O16P3-3. The molecule has 4 aliphatic rings. The van der Waals surface area contributed by atoms with E-state index in [0.717, 1.165) is 21.8 Å². The third kappa shape index (κ3) is 5.68. The molecule has 0 radical (unpaired) electrons. The number of hydrogen-bond donors (Lipinski definition) is 4. The van der Waals surface area contributed by atoms with Gasteiger partial charge in [-0.3, -0.25) is 13.7 Å². The van der Waals surface area contributed by atoms with E-state index < -0.39 is 85.8 Å². The van der Waals surface area contributed by atoms with Gasteiger partial charge >= 0.3 is 0 Å². The number of ether oxygens (including phenoxy) is 2. The van der Waals surface area contributed by atoms with Crippen LogP contribution in [0.15, 0.2) is 12.7 Å². The van der Waals surface area contributed by atoms with Gasteiger partial charge in [-0.2, -0.15) is 0 Å². The zero-order valence-electron chi connectivity index (χ0n) is 19.0. The SMILES string of the molecule is Nc1c2ncn3c2nc[n+]1[C@@H]1O[C@H](COP(=O)([O-])OP(=O)([O-])OC[C@H]2O[C@@H]3[C@H](OP(=O)([O-])[O-])[C@@H]2O)[C@@H](O)[C@H]1O. The molecule has 24 heteroatoms. The van der Waals surface area contributed by atoms with Crippen molar-refractivity contribution in [3.8, 4) is 0 Å². The van der Waals surface area contributed by atoms with E-state index in [1.54, 1.807) is 0 Å². The van der Waals surface area contributed by atoms with Crippen molar-refractivity contribution in [2.45, 2.75) is 49.1 Å². The van der Waals surface area contributed by atoms with Crippen molar-refractivity contribution in [1.29, 1.82) is 0 Å². The number of aromatic nitrogens is 4. The van der Waals surface area contributed by atoms with Gasteiger partial charge in [0.1, 0.15) is 43.0 Å². The molecule has 2 aromatic heterocycles. The van der Waals surface area contributed by atoms with Crippen molar-refractivity contribution in [1.82, 2.24) is 14.5 Å². The van der Waals surface area contributed by atoms with Crippen LogP contribution in [0.1, 0.15) is 12.5 Å². The number of nitrogen functional groups attached to an aromatic ring is 1. The highest BCUT2D eigenvalue weighted by atomic mass is 31.3. The summed E-state index contributed by atoms with van der Waals surface area (Å²) in [5.74, 6) is -0.211. The second-order valence-corrected chi connectivity index (χ2v) is 12.6. The molecule has 2 saturated heterocycles. The highest BCUT2D eigenvalue weighted by Gasteiger charge is 2.49. The van der Waals surface area contributed by atoms with Gasteiger partial charge in [0.25, 0.3) is 21.5 Å². The van der Waals surface area contributed by atoms with Gasteiger partial charge in [0, 0.05) is 0 Å². The molecule has 0 spiro atoms. The molecule has 218 valence electrons. The van der Waals surface area contributed by atoms with Crippen molar-refractivity contribution in [3.05, 3.63) is 12.7 Å². The van der Waals surface area contributed by atoms with E-state index in [2.05, 4.69) is 27.8 Å². The van der Waals surface area contributed by atoms with E-state index in [1.807, 2.05) is 0 Å². The van der Waals surface area contributed by atoms with Crippen molar-refractivity contribution < 1.29 is 80.5 Å². The van der Waals surface area contributed by atoms with E-state index in [9.17, 15) is 48.6 Å². The lowest BCUT2D eigenvalue weighted by molar-refractivity contribution is -0.755. The molecule has 0 amide bonds. The summed E-state index contributed by atoms with van der Waals surface area (Å²) in [6.45, 7) is -2.14. The summed E-state index contributed by atoms with van der Waals surface area (Å²) < 4.78 is 65.9. The molecule has 10 atom stereocenters. The minimum Gasteiger partial charge on any atom is -0.790 e. The fraction of sp³-hybridized carbons (Fsp3) is 0.667. The van der Waals surface area contributed by atoms with Gasteiger partial charge in [-0.05, 0) is 0 Å². The summed E-state index contributed by atoms with van der Waals surface area (Å²) in [6, 6.07) is 0. The minimum atomic E-state index is -5.77. The number of hydrogen-bond acceptors (Lipinski definition) is 19. The smallest absolute Gasteiger partial charge is 0.274 e. The summed E-state index contributed by atoms with van der Waals surface area (Å²) in [4.78, 5) is 55.1. The topological polar surface area (TPSA) is 320 Å². The van der Waals surface area contributed by atoms with Gasteiger partial charge < -0.3 is 68.2 Å². The summed E-state index contributed by atoms with van der Waals surface area (Å²) in [7, 11) is -17.2. The fourth-order valence-corrected chi connectivity index (χ4v) is 6.83. The van der Waals surface area contributed by atoms with Crippen LogP contribution in [0, 0.1) is 0 Å². The molecule has 6 heterocycles. The number of imidazole rings is 1. The average Bonchev–Trinajstić information content (AvgIpc) is 3.46. The van der Waals surface area contributed by atoms with Crippen molar-refractivity contribution in [2.24, 2.45) is 0 Å². The van der Waals surface area contributed by atoms with Gasteiger partial charge in [0.2, 0.25) is 18.2 Å². The molecule has 8 bridgehead atoms. The molecule has 2 unspecified atom stereocenters. The Bertz CT molecular complexity index is 1400. The first-order valence-corrected chi connectivity index (χ1v) is 15.2.